The highest BCUT2D eigenvalue weighted by Gasteiger charge is 2.14. The summed E-state index contributed by atoms with van der Waals surface area (Å²) in [6.07, 6.45) is 17.6. The fourth-order valence-corrected chi connectivity index (χ4v) is 3.93. The lowest BCUT2D eigenvalue weighted by Crippen LogP contribution is -2.23. The lowest BCUT2D eigenvalue weighted by atomic mass is 10.1. The van der Waals surface area contributed by atoms with Crippen LogP contribution in [0.1, 0.15) is 31.4 Å². The van der Waals surface area contributed by atoms with Gasteiger partial charge in [-0.1, -0.05) is 42.5 Å². The van der Waals surface area contributed by atoms with E-state index in [1.807, 2.05) is 26.4 Å². The van der Waals surface area contributed by atoms with Crippen LogP contribution < -0.4 is 10.6 Å². The van der Waals surface area contributed by atoms with Crippen molar-refractivity contribution in [2.24, 2.45) is 7.05 Å². The maximum absolute atomic E-state index is 4.92. The maximum atomic E-state index is 4.92. The molecule has 1 aromatic carbocycles. The summed E-state index contributed by atoms with van der Waals surface area (Å²) in [7, 11) is 1.92. The van der Waals surface area contributed by atoms with Crippen LogP contribution in [0.15, 0.2) is 54.9 Å². The van der Waals surface area contributed by atoms with Crippen molar-refractivity contribution < 1.29 is 0 Å². The zero-order chi connectivity index (χ0) is 21.4. The average molecular weight is 409 g/mol. The number of benzene rings is 1. The Balaban J connectivity index is 1.58. The molecule has 0 atom stereocenters. The standard InChI is InChI=1S/C25H24N6/c1-4-19-21(13-12-16(2)18-14-26-31(3)15-18)29-30-24(19)25-27-22-11-7-10-20(23(22)28-25)17-8-5-6-9-17/h4-5,7-15,29H,6H2,1-3H3,(H,27,28)/b16-12+,19-4-,21-13+. The van der Waals surface area contributed by atoms with E-state index in [2.05, 4.69) is 81.9 Å². The van der Waals surface area contributed by atoms with Gasteiger partial charge in [-0.15, -0.1) is 0 Å². The second-order valence-corrected chi connectivity index (χ2v) is 7.69. The van der Waals surface area contributed by atoms with E-state index >= 15 is 0 Å². The average Bonchev–Trinajstić information content (AvgIpc) is 3.57. The Morgan fingerprint density at radius 1 is 1.26 bits per heavy atom. The summed E-state index contributed by atoms with van der Waals surface area (Å²) in [6, 6.07) is 6.25. The summed E-state index contributed by atoms with van der Waals surface area (Å²) in [6.45, 7) is 4.10. The lowest BCUT2D eigenvalue weighted by Gasteiger charge is -2.00. The Hall–Kier alpha value is -3.93. The van der Waals surface area contributed by atoms with Gasteiger partial charge in [0, 0.05) is 29.6 Å². The van der Waals surface area contributed by atoms with Crippen LogP contribution in [0.25, 0.3) is 45.8 Å². The molecule has 4 aromatic rings. The molecule has 5 rings (SSSR count). The Labute approximate surface area is 180 Å². The van der Waals surface area contributed by atoms with E-state index in [0.29, 0.717) is 0 Å². The summed E-state index contributed by atoms with van der Waals surface area (Å²) in [5.74, 6) is 0.766. The third kappa shape index (κ3) is 3.46. The number of aromatic nitrogens is 6. The quantitative estimate of drug-likeness (QED) is 0.540. The van der Waals surface area contributed by atoms with E-state index in [1.54, 1.807) is 4.68 Å². The Morgan fingerprint density at radius 2 is 2.16 bits per heavy atom. The van der Waals surface area contributed by atoms with Crippen molar-refractivity contribution in [3.63, 3.8) is 0 Å². The predicted molar refractivity (Wildman–Crippen MR) is 126 cm³/mol. The first kappa shape index (κ1) is 19.1. The first-order chi connectivity index (χ1) is 15.1. The molecule has 31 heavy (non-hydrogen) atoms. The molecule has 3 aromatic heterocycles. The Morgan fingerprint density at radius 3 is 2.90 bits per heavy atom. The zero-order valence-corrected chi connectivity index (χ0v) is 17.8. The van der Waals surface area contributed by atoms with Crippen molar-refractivity contribution in [2.75, 3.05) is 0 Å². The van der Waals surface area contributed by atoms with Crippen LogP contribution >= 0.6 is 0 Å². The van der Waals surface area contributed by atoms with Crippen LogP contribution in [0.4, 0.5) is 0 Å². The molecule has 0 fully saturated rings. The van der Waals surface area contributed by atoms with Gasteiger partial charge < -0.3 is 4.98 Å². The summed E-state index contributed by atoms with van der Waals surface area (Å²) in [5.41, 5.74) is 7.40. The molecule has 0 amide bonds. The fourth-order valence-electron chi connectivity index (χ4n) is 3.93. The van der Waals surface area contributed by atoms with Crippen LogP contribution in [-0.2, 0) is 7.05 Å². The van der Waals surface area contributed by atoms with Crippen LogP contribution in [0.2, 0.25) is 0 Å². The Bertz CT molecular complexity index is 1490. The lowest BCUT2D eigenvalue weighted by molar-refractivity contribution is 0.767. The van der Waals surface area contributed by atoms with Gasteiger partial charge in [0.25, 0.3) is 0 Å². The number of hydrogen-bond acceptors (Lipinski definition) is 3. The van der Waals surface area contributed by atoms with Gasteiger partial charge >= 0.3 is 0 Å². The smallest absolute Gasteiger partial charge is 0.159 e. The number of H-pyrrole nitrogens is 2. The summed E-state index contributed by atoms with van der Waals surface area (Å²) < 4.78 is 1.81. The first-order valence-corrected chi connectivity index (χ1v) is 10.4. The number of aryl methyl sites for hydroxylation is 1. The number of imidazole rings is 1. The van der Waals surface area contributed by atoms with Crippen molar-refractivity contribution >= 4 is 34.3 Å². The van der Waals surface area contributed by atoms with Crippen LogP contribution in [0.5, 0.6) is 0 Å². The molecule has 0 saturated carbocycles. The number of nitrogens with zero attached hydrogens (tertiary/aromatic N) is 4. The van der Waals surface area contributed by atoms with Crippen molar-refractivity contribution in [1.82, 2.24) is 29.9 Å². The summed E-state index contributed by atoms with van der Waals surface area (Å²) >= 11 is 0. The first-order valence-electron chi connectivity index (χ1n) is 10.4. The zero-order valence-electron chi connectivity index (χ0n) is 17.8. The van der Waals surface area contributed by atoms with E-state index < -0.39 is 0 Å². The molecule has 3 heterocycles. The Kier molecular flexibility index (Phi) is 4.75. The van der Waals surface area contributed by atoms with Gasteiger partial charge in [-0.25, -0.2) is 4.98 Å². The van der Waals surface area contributed by atoms with Crippen LogP contribution in [0.3, 0.4) is 0 Å². The molecule has 2 N–H and O–H groups in total. The van der Waals surface area contributed by atoms with Gasteiger partial charge in [-0.2, -0.15) is 10.2 Å². The third-order valence-corrected chi connectivity index (χ3v) is 5.60. The number of allylic oxidation sites excluding steroid dienone is 6. The van der Waals surface area contributed by atoms with E-state index in [0.717, 1.165) is 56.2 Å². The molecule has 0 unspecified atom stereocenters. The minimum Gasteiger partial charge on any atom is -0.337 e. The minimum atomic E-state index is 0.766. The minimum absolute atomic E-state index is 0.766. The number of aromatic amines is 2. The van der Waals surface area contributed by atoms with Crippen molar-refractivity contribution in [3.8, 4) is 11.5 Å². The van der Waals surface area contributed by atoms with Crippen molar-refractivity contribution in [3.05, 3.63) is 76.6 Å². The summed E-state index contributed by atoms with van der Waals surface area (Å²) in [5, 5.41) is 14.0. The molecule has 1 aliphatic carbocycles. The fraction of sp³-hybridized carbons (Fsp3) is 0.160. The highest BCUT2D eigenvalue weighted by Crippen LogP contribution is 2.28. The molecule has 0 bridgehead atoms. The van der Waals surface area contributed by atoms with E-state index in [4.69, 9.17) is 4.98 Å². The van der Waals surface area contributed by atoms with Gasteiger partial charge in [0.1, 0.15) is 5.69 Å². The molecule has 6 nitrogen and oxygen atoms in total. The third-order valence-electron chi connectivity index (χ3n) is 5.60. The monoisotopic (exact) mass is 408 g/mol. The molecule has 0 spiro atoms. The van der Waals surface area contributed by atoms with Gasteiger partial charge in [-0.05, 0) is 43.6 Å². The number of rotatable bonds is 4. The highest BCUT2D eigenvalue weighted by molar-refractivity contribution is 5.94. The SMILES string of the molecule is C\C=c1/c(-c2nc3c(C4=CCC=C4)cccc3[nH]2)n[nH]/c1=C/C=C(\C)c1cnn(C)c1. The second kappa shape index (κ2) is 7.72. The van der Waals surface area contributed by atoms with E-state index in [9.17, 15) is 0 Å². The number of hydrogen-bond donors (Lipinski definition) is 2. The molecular formula is C25H24N6. The number of nitrogens with one attached hydrogen (secondary N) is 2. The maximum Gasteiger partial charge on any atom is 0.159 e. The van der Waals surface area contributed by atoms with Gasteiger partial charge in [0.2, 0.25) is 0 Å². The van der Waals surface area contributed by atoms with Crippen molar-refractivity contribution in [1.29, 1.82) is 0 Å². The second-order valence-electron chi connectivity index (χ2n) is 7.69. The summed E-state index contributed by atoms with van der Waals surface area (Å²) in [4.78, 5) is 8.37. The van der Waals surface area contributed by atoms with E-state index in [1.165, 1.54) is 5.57 Å². The predicted octanol–water partition coefficient (Wildman–Crippen LogP) is 3.71. The topological polar surface area (TPSA) is 75.2 Å². The van der Waals surface area contributed by atoms with E-state index in [-0.39, 0.29) is 0 Å². The number of fused-ring (bicyclic) bond motifs is 1. The highest BCUT2D eigenvalue weighted by atomic mass is 15.2. The van der Waals surface area contributed by atoms with Crippen LogP contribution in [0, 0.1) is 0 Å². The molecule has 1 aliphatic rings. The molecule has 6 heteroatoms. The van der Waals surface area contributed by atoms with Crippen molar-refractivity contribution in [2.45, 2.75) is 20.3 Å². The van der Waals surface area contributed by atoms with Gasteiger partial charge in [0.15, 0.2) is 5.82 Å². The molecule has 0 radical (unpaired) electrons. The van der Waals surface area contributed by atoms with Crippen LogP contribution in [-0.4, -0.2) is 29.9 Å². The molecule has 0 saturated heterocycles. The largest absolute Gasteiger partial charge is 0.337 e. The van der Waals surface area contributed by atoms with Gasteiger partial charge in [0.05, 0.1) is 22.6 Å². The number of para-hydroxylation sites is 1. The van der Waals surface area contributed by atoms with Gasteiger partial charge in [-0.3, -0.25) is 9.78 Å². The normalized spacial score (nSPS) is 15.5. The molecular weight excluding hydrogens is 384 g/mol. The molecule has 154 valence electrons. The molecule has 0 aliphatic heterocycles.